The van der Waals surface area contributed by atoms with Gasteiger partial charge in [0.15, 0.2) is 0 Å². The first-order valence-corrected chi connectivity index (χ1v) is 18.4. The van der Waals surface area contributed by atoms with Gasteiger partial charge in [0, 0.05) is 38.0 Å². The van der Waals surface area contributed by atoms with E-state index in [2.05, 4.69) is 0 Å². The number of carboxylic acid groups (broad SMARTS) is 4. The third kappa shape index (κ3) is 7.10. The SMILES string of the molecule is O=C(O)c1ccc(I)cc1[C@@H]1[C@H](c2cc(I)ccc2C(=O)O)[C@H](c2cc(I)ccc2C(=O)O)[C@H](O)[C@H](O)[C@@H]1c1cc(I)ccc1C(=O)O. The summed E-state index contributed by atoms with van der Waals surface area (Å²) in [7, 11) is 0. The topological polar surface area (TPSA) is 190 Å². The number of aromatic carboxylic acids is 4. The average molecular weight is 1100 g/mol. The van der Waals surface area contributed by atoms with Gasteiger partial charge < -0.3 is 30.6 Å². The van der Waals surface area contributed by atoms with Gasteiger partial charge in [-0.25, -0.2) is 19.2 Å². The molecule has 14 heteroatoms. The van der Waals surface area contributed by atoms with Gasteiger partial charge in [-0.05, 0) is 185 Å². The lowest BCUT2D eigenvalue weighted by atomic mass is 9.55. The number of rotatable bonds is 8. The van der Waals surface area contributed by atoms with Gasteiger partial charge in [-0.2, -0.15) is 0 Å². The van der Waals surface area contributed by atoms with Crippen LogP contribution in [-0.4, -0.2) is 66.7 Å². The molecule has 48 heavy (non-hydrogen) atoms. The van der Waals surface area contributed by atoms with Crippen molar-refractivity contribution in [3.8, 4) is 0 Å². The first-order valence-electron chi connectivity index (χ1n) is 14.1. The highest BCUT2D eigenvalue weighted by Crippen LogP contribution is 2.59. The highest BCUT2D eigenvalue weighted by atomic mass is 127. The molecule has 1 aliphatic rings. The zero-order valence-electron chi connectivity index (χ0n) is 24.2. The van der Waals surface area contributed by atoms with Crippen LogP contribution in [0.4, 0.5) is 0 Å². The molecule has 6 atom stereocenters. The van der Waals surface area contributed by atoms with E-state index < -0.39 is 59.8 Å². The van der Waals surface area contributed by atoms with Crippen LogP contribution in [0, 0.1) is 14.3 Å². The molecule has 1 saturated carbocycles. The molecule has 0 bridgehead atoms. The van der Waals surface area contributed by atoms with Gasteiger partial charge >= 0.3 is 23.9 Å². The van der Waals surface area contributed by atoms with Crippen LogP contribution in [0.5, 0.6) is 0 Å². The predicted molar refractivity (Wildman–Crippen MR) is 207 cm³/mol. The van der Waals surface area contributed by atoms with E-state index in [1.54, 1.807) is 48.5 Å². The fourth-order valence-corrected chi connectivity index (χ4v) is 8.90. The number of benzene rings is 4. The highest BCUT2D eigenvalue weighted by molar-refractivity contribution is 14.1. The summed E-state index contributed by atoms with van der Waals surface area (Å²) < 4.78 is 2.40. The van der Waals surface area contributed by atoms with E-state index >= 15 is 0 Å². The molecule has 10 nitrogen and oxygen atoms in total. The zero-order valence-corrected chi connectivity index (χ0v) is 32.9. The van der Waals surface area contributed by atoms with Crippen LogP contribution in [0.3, 0.4) is 0 Å². The van der Waals surface area contributed by atoms with Gasteiger partial charge in [0.05, 0.1) is 34.5 Å². The van der Waals surface area contributed by atoms with E-state index in [4.69, 9.17) is 0 Å². The van der Waals surface area contributed by atoms with Crippen molar-refractivity contribution < 1.29 is 49.8 Å². The predicted octanol–water partition coefficient (Wildman–Crippen LogP) is 7.07. The molecule has 0 saturated heterocycles. The Morgan fingerprint density at radius 2 is 0.604 bits per heavy atom. The number of carboxylic acids is 4. The minimum absolute atomic E-state index is 0.105. The summed E-state index contributed by atoms with van der Waals surface area (Å²) in [6.07, 6.45) is -3.52. The van der Waals surface area contributed by atoms with Gasteiger partial charge in [-0.3, -0.25) is 0 Å². The second-order valence-corrected chi connectivity index (χ2v) is 16.2. The number of hydrogen-bond donors (Lipinski definition) is 6. The van der Waals surface area contributed by atoms with E-state index in [1.165, 1.54) is 24.3 Å². The monoisotopic (exact) mass is 1100 g/mol. The molecule has 5 rings (SSSR count). The molecule has 1 fully saturated rings. The van der Waals surface area contributed by atoms with Crippen LogP contribution >= 0.6 is 90.4 Å². The Balaban J connectivity index is 2.02. The van der Waals surface area contributed by atoms with Crippen LogP contribution in [0.1, 0.15) is 87.4 Å². The average Bonchev–Trinajstić information content (AvgIpc) is 3.01. The molecular formula is C34H24I4O10. The van der Waals surface area contributed by atoms with Crippen LogP contribution in [0.25, 0.3) is 0 Å². The Hall–Kier alpha value is -2.40. The third-order valence-electron chi connectivity index (χ3n) is 8.66. The Kier molecular flexibility index (Phi) is 11.4. The van der Waals surface area contributed by atoms with Crippen molar-refractivity contribution in [3.63, 3.8) is 0 Å². The van der Waals surface area contributed by atoms with Crippen LogP contribution in [0.15, 0.2) is 72.8 Å². The number of halogens is 4. The lowest BCUT2D eigenvalue weighted by Crippen LogP contribution is -2.49. The summed E-state index contributed by atoms with van der Waals surface area (Å²) in [4.78, 5) is 50.9. The quantitative estimate of drug-likeness (QED) is 0.0997. The van der Waals surface area contributed by atoms with Crippen LogP contribution in [0.2, 0.25) is 0 Å². The maximum Gasteiger partial charge on any atom is 0.335 e. The molecule has 4 aromatic rings. The number of carbonyl (C=O) groups is 4. The largest absolute Gasteiger partial charge is 0.478 e. The van der Waals surface area contributed by atoms with Gasteiger partial charge in [0.25, 0.3) is 0 Å². The van der Waals surface area contributed by atoms with Gasteiger partial charge in [0.1, 0.15) is 0 Å². The molecule has 0 spiro atoms. The summed E-state index contributed by atoms with van der Waals surface area (Å²) in [5.74, 6) is -10.3. The minimum atomic E-state index is -1.76. The van der Waals surface area contributed by atoms with Gasteiger partial charge in [-0.1, -0.05) is 0 Å². The molecule has 248 valence electrons. The molecule has 0 amide bonds. The van der Waals surface area contributed by atoms with Crippen molar-refractivity contribution in [2.45, 2.75) is 35.9 Å². The second kappa shape index (κ2) is 14.8. The molecule has 0 radical (unpaired) electrons. The summed E-state index contributed by atoms with van der Waals surface area (Å²) in [6.45, 7) is 0. The Labute approximate surface area is 328 Å². The first-order chi connectivity index (χ1) is 22.6. The Morgan fingerprint density at radius 1 is 0.396 bits per heavy atom. The normalized spacial score (nSPS) is 22.2. The Morgan fingerprint density at radius 3 is 0.812 bits per heavy atom. The van der Waals surface area contributed by atoms with Crippen LogP contribution in [-0.2, 0) is 0 Å². The Bertz CT molecular complexity index is 1840. The van der Waals surface area contributed by atoms with E-state index in [-0.39, 0.29) is 44.5 Å². The summed E-state index contributed by atoms with van der Waals surface area (Å²) in [6, 6.07) is 18.0. The second-order valence-electron chi connectivity index (χ2n) is 11.2. The van der Waals surface area contributed by atoms with Crippen LogP contribution < -0.4 is 0 Å². The molecule has 0 aromatic heterocycles. The van der Waals surface area contributed by atoms with Crippen molar-refractivity contribution in [2.75, 3.05) is 0 Å². The summed E-state index contributed by atoms with van der Waals surface area (Å²) in [5.41, 5.74) is -0.216. The van der Waals surface area contributed by atoms with E-state index in [1.807, 2.05) is 90.4 Å². The molecule has 0 aliphatic heterocycles. The molecule has 1 aliphatic carbocycles. The smallest absolute Gasteiger partial charge is 0.335 e. The third-order valence-corrected chi connectivity index (χ3v) is 11.3. The van der Waals surface area contributed by atoms with Crippen molar-refractivity contribution in [2.24, 2.45) is 0 Å². The fraction of sp³-hybridized carbons (Fsp3) is 0.176. The molecule has 0 unspecified atom stereocenters. The van der Waals surface area contributed by atoms with Crippen molar-refractivity contribution >= 4 is 114 Å². The lowest BCUT2D eigenvalue weighted by molar-refractivity contribution is -0.0521. The minimum Gasteiger partial charge on any atom is -0.478 e. The van der Waals surface area contributed by atoms with Crippen molar-refractivity contribution in [1.29, 1.82) is 0 Å². The highest BCUT2D eigenvalue weighted by Gasteiger charge is 2.54. The standard InChI is InChI=1S/C34H24I4O10/c35-13-1-5-17(31(41)42)21(9-13)25-26(22-10-14(36)2-6-18(22)32(43)44)28(24-12-16(38)4-8-20(24)34(47)48)30(40)29(39)27(25)23-11-15(37)3-7-19(23)33(45)46/h1-12,25-30,39-40H,(H,41,42)(H,43,44)(H,45,46)(H,47,48)/t25-,26+,27-,28+,29-,30+. The van der Waals surface area contributed by atoms with Crippen molar-refractivity contribution in [1.82, 2.24) is 0 Å². The van der Waals surface area contributed by atoms with Crippen molar-refractivity contribution in [3.05, 3.63) is 132 Å². The lowest BCUT2D eigenvalue weighted by Gasteiger charge is -2.50. The van der Waals surface area contributed by atoms with E-state index in [0.29, 0.717) is 14.3 Å². The molecular weight excluding hydrogens is 1080 g/mol. The fourth-order valence-electron chi connectivity index (χ4n) is 6.84. The van der Waals surface area contributed by atoms with Gasteiger partial charge in [0.2, 0.25) is 0 Å². The number of aliphatic hydroxyl groups excluding tert-OH is 2. The molecule has 0 heterocycles. The maximum atomic E-state index is 12.8. The summed E-state index contributed by atoms with van der Waals surface area (Å²) >= 11 is 7.97. The number of aliphatic hydroxyl groups is 2. The summed E-state index contributed by atoms with van der Waals surface area (Å²) in [5, 5.41) is 65.8. The van der Waals surface area contributed by atoms with Gasteiger partial charge in [-0.15, -0.1) is 0 Å². The zero-order chi connectivity index (χ0) is 35.2. The van der Waals surface area contributed by atoms with E-state index in [0.717, 1.165) is 0 Å². The first kappa shape index (κ1) is 36.9. The molecule has 4 aromatic carbocycles. The number of hydrogen-bond acceptors (Lipinski definition) is 6. The van der Waals surface area contributed by atoms with E-state index in [9.17, 15) is 49.8 Å². The molecule has 6 N–H and O–H groups in total. The maximum absolute atomic E-state index is 12.8.